The molecule has 1 aromatic heterocycles. The van der Waals surface area contributed by atoms with E-state index in [1.807, 2.05) is 18.3 Å². The molecule has 1 heterocycles. The zero-order valence-corrected chi connectivity index (χ0v) is 13.2. The quantitative estimate of drug-likeness (QED) is 0.942. The summed E-state index contributed by atoms with van der Waals surface area (Å²) in [5, 5.41) is 1.30. The third-order valence-corrected chi connectivity index (χ3v) is 4.59. The predicted octanol–water partition coefficient (Wildman–Crippen LogP) is 3.44. The molecule has 0 bridgehead atoms. The van der Waals surface area contributed by atoms with Crippen molar-refractivity contribution < 1.29 is 0 Å². The van der Waals surface area contributed by atoms with Crippen LogP contribution in [0, 0.1) is 5.92 Å². The summed E-state index contributed by atoms with van der Waals surface area (Å²) in [6.45, 7) is 0.738. The number of aromatic nitrogens is 2. The number of hydrogen-bond acceptors (Lipinski definition) is 3. The highest BCUT2D eigenvalue weighted by Crippen LogP contribution is 2.25. The van der Waals surface area contributed by atoms with Crippen LogP contribution < -0.4 is 5.73 Å². The van der Waals surface area contributed by atoms with Crippen molar-refractivity contribution in [1.82, 2.24) is 9.97 Å². The molecular weight excluding hydrogens is 305 g/mol. The van der Waals surface area contributed by atoms with Crippen LogP contribution in [0.4, 0.5) is 0 Å². The average Bonchev–Trinajstić information content (AvgIpc) is 2.49. The van der Waals surface area contributed by atoms with Crippen molar-refractivity contribution >= 4 is 23.2 Å². The van der Waals surface area contributed by atoms with E-state index in [0.29, 0.717) is 22.4 Å². The van der Waals surface area contributed by atoms with Crippen LogP contribution in [0.1, 0.15) is 29.1 Å². The molecule has 1 aromatic carbocycles. The lowest BCUT2D eigenvalue weighted by Gasteiger charge is -2.22. The fraction of sp³-hybridized carbons (Fsp3) is 0.375. The first-order chi connectivity index (χ1) is 10.2. The third kappa shape index (κ3) is 3.37. The largest absolute Gasteiger partial charge is 0.330 e. The molecule has 3 nitrogen and oxygen atoms in total. The maximum absolute atomic E-state index is 6.21. The van der Waals surface area contributed by atoms with Crippen molar-refractivity contribution in [2.75, 3.05) is 6.54 Å². The first-order valence-corrected chi connectivity index (χ1v) is 7.89. The fourth-order valence-corrected chi connectivity index (χ4v) is 3.22. The standard InChI is InChI=1S/C16H17Cl2N3/c17-13-3-2-11(14(18)7-13)6-16-20-9-12-5-10(8-19)1-4-15(12)21-16/h2-3,7,9-10H,1,4-6,8,19H2. The Morgan fingerprint density at radius 2 is 2.14 bits per heavy atom. The molecule has 0 radical (unpaired) electrons. The Morgan fingerprint density at radius 3 is 2.90 bits per heavy atom. The minimum Gasteiger partial charge on any atom is -0.330 e. The molecule has 1 atom stereocenters. The molecule has 0 spiro atoms. The Hall–Kier alpha value is -1.16. The lowest BCUT2D eigenvalue weighted by molar-refractivity contribution is 0.460. The van der Waals surface area contributed by atoms with Gasteiger partial charge in [-0.3, -0.25) is 0 Å². The first kappa shape index (κ1) is 14.8. The molecule has 1 aliphatic carbocycles. The summed E-state index contributed by atoms with van der Waals surface area (Å²) >= 11 is 12.1. The zero-order chi connectivity index (χ0) is 14.8. The number of hydrogen-bond donors (Lipinski definition) is 1. The van der Waals surface area contributed by atoms with Crippen LogP contribution in [0.25, 0.3) is 0 Å². The van der Waals surface area contributed by atoms with E-state index in [1.54, 1.807) is 6.07 Å². The van der Waals surface area contributed by atoms with Crippen molar-refractivity contribution in [1.29, 1.82) is 0 Å². The Balaban J connectivity index is 1.81. The highest BCUT2D eigenvalue weighted by molar-refractivity contribution is 6.35. The van der Waals surface area contributed by atoms with Gasteiger partial charge in [0.1, 0.15) is 5.82 Å². The van der Waals surface area contributed by atoms with Crippen LogP contribution in [0.5, 0.6) is 0 Å². The Labute approximate surface area is 134 Å². The molecule has 1 aliphatic rings. The van der Waals surface area contributed by atoms with Gasteiger partial charge in [-0.1, -0.05) is 29.3 Å². The van der Waals surface area contributed by atoms with Gasteiger partial charge in [-0.05, 0) is 55.0 Å². The second kappa shape index (κ2) is 6.30. The Morgan fingerprint density at radius 1 is 1.29 bits per heavy atom. The zero-order valence-electron chi connectivity index (χ0n) is 11.6. The van der Waals surface area contributed by atoms with Gasteiger partial charge >= 0.3 is 0 Å². The molecule has 21 heavy (non-hydrogen) atoms. The number of halogens is 2. The molecule has 0 fully saturated rings. The molecular formula is C16H17Cl2N3. The summed E-state index contributed by atoms with van der Waals surface area (Å²) in [6.07, 6.45) is 5.67. The molecule has 1 unspecified atom stereocenters. The SMILES string of the molecule is NCC1CCc2nc(Cc3ccc(Cl)cc3Cl)ncc2C1. The van der Waals surface area contributed by atoms with E-state index >= 15 is 0 Å². The summed E-state index contributed by atoms with van der Waals surface area (Å²) < 4.78 is 0. The van der Waals surface area contributed by atoms with Crippen LogP contribution in [0.15, 0.2) is 24.4 Å². The van der Waals surface area contributed by atoms with E-state index in [2.05, 4.69) is 4.98 Å². The molecule has 0 aliphatic heterocycles. The number of nitrogens with zero attached hydrogens (tertiary/aromatic N) is 2. The molecule has 110 valence electrons. The minimum atomic E-state index is 0.567. The topological polar surface area (TPSA) is 51.8 Å². The Bertz CT molecular complexity index is 658. The van der Waals surface area contributed by atoms with Crippen molar-refractivity contribution in [3.8, 4) is 0 Å². The van der Waals surface area contributed by atoms with E-state index in [4.69, 9.17) is 33.9 Å². The van der Waals surface area contributed by atoms with Crippen LogP contribution in [-0.4, -0.2) is 16.5 Å². The number of fused-ring (bicyclic) bond motifs is 1. The first-order valence-electron chi connectivity index (χ1n) is 7.13. The van der Waals surface area contributed by atoms with E-state index in [1.165, 1.54) is 5.56 Å². The van der Waals surface area contributed by atoms with Gasteiger partial charge in [0.15, 0.2) is 0 Å². The van der Waals surface area contributed by atoms with Gasteiger partial charge in [-0.25, -0.2) is 9.97 Å². The molecule has 0 saturated carbocycles. The number of benzene rings is 1. The highest BCUT2D eigenvalue weighted by atomic mass is 35.5. The van der Waals surface area contributed by atoms with Gasteiger partial charge in [0.25, 0.3) is 0 Å². The van der Waals surface area contributed by atoms with Crippen LogP contribution in [0.3, 0.4) is 0 Å². The minimum absolute atomic E-state index is 0.567. The monoisotopic (exact) mass is 321 g/mol. The average molecular weight is 322 g/mol. The number of rotatable bonds is 3. The summed E-state index contributed by atoms with van der Waals surface area (Å²) in [5.41, 5.74) is 9.15. The lowest BCUT2D eigenvalue weighted by Crippen LogP contribution is -2.23. The molecule has 2 N–H and O–H groups in total. The van der Waals surface area contributed by atoms with Gasteiger partial charge in [-0.15, -0.1) is 0 Å². The van der Waals surface area contributed by atoms with Gasteiger partial charge < -0.3 is 5.73 Å². The van der Waals surface area contributed by atoms with Crippen molar-refractivity contribution in [3.05, 3.63) is 57.1 Å². The number of aryl methyl sites for hydroxylation is 1. The van der Waals surface area contributed by atoms with E-state index < -0.39 is 0 Å². The Kier molecular flexibility index (Phi) is 4.43. The molecule has 0 saturated heterocycles. The van der Waals surface area contributed by atoms with E-state index in [0.717, 1.165) is 42.9 Å². The maximum atomic E-state index is 6.21. The molecule has 5 heteroatoms. The second-order valence-corrected chi connectivity index (χ2v) is 6.36. The fourth-order valence-electron chi connectivity index (χ4n) is 2.75. The third-order valence-electron chi connectivity index (χ3n) is 4.00. The van der Waals surface area contributed by atoms with Gasteiger partial charge in [-0.2, -0.15) is 0 Å². The summed E-state index contributed by atoms with van der Waals surface area (Å²) in [6, 6.07) is 5.52. The summed E-state index contributed by atoms with van der Waals surface area (Å²) in [5.74, 6) is 1.38. The van der Waals surface area contributed by atoms with Gasteiger partial charge in [0, 0.05) is 28.4 Å². The normalized spacial score (nSPS) is 17.6. The summed E-state index contributed by atoms with van der Waals surface area (Å²) in [4.78, 5) is 9.17. The van der Waals surface area contributed by atoms with Crippen molar-refractivity contribution in [2.24, 2.45) is 11.7 Å². The number of nitrogens with two attached hydrogens (primary N) is 1. The van der Waals surface area contributed by atoms with Crippen molar-refractivity contribution in [3.63, 3.8) is 0 Å². The molecule has 2 aromatic rings. The van der Waals surface area contributed by atoms with E-state index in [-0.39, 0.29) is 0 Å². The van der Waals surface area contributed by atoms with Crippen LogP contribution in [-0.2, 0) is 19.3 Å². The summed E-state index contributed by atoms with van der Waals surface area (Å²) in [7, 11) is 0. The maximum Gasteiger partial charge on any atom is 0.132 e. The lowest BCUT2D eigenvalue weighted by atomic mass is 9.87. The molecule has 0 amide bonds. The molecule has 3 rings (SSSR count). The van der Waals surface area contributed by atoms with Crippen molar-refractivity contribution in [2.45, 2.75) is 25.7 Å². The second-order valence-electron chi connectivity index (χ2n) is 5.52. The van der Waals surface area contributed by atoms with Gasteiger partial charge in [0.05, 0.1) is 0 Å². The predicted molar refractivity (Wildman–Crippen MR) is 85.9 cm³/mol. The highest BCUT2D eigenvalue weighted by Gasteiger charge is 2.19. The van der Waals surface area contributed by atoms with Crippen LogP contribution in [0.2, 0.25) is 10.0 Å². The van der Waals surface area contributed by atoms with Gasteiger partial charge in [0.2, 0.25) is 0 Å². The smallest absolute Gasteiger partial charge is 0.132 e. The van der Waals surface area contributed by atoms with E-state index in [9.17, 15) is 0 Å². The van der Waals surface area contributed by atoms with Crippen LogP contribution >= 0.6 is 23.2 Å².